The van der Waals surface area contributed by atoms with Crippen LogP contribution in [0.25, 0.3) is 5.52 Å². The van der Waals surface area contributed by atoms with Gasteiger partial charge in [0, 0.05) is 30.3 Å². The lowest BCUT2D eigenvalue weighted by atomic mass is 10.0. The molecule has 2 aliphatic rings. The quantitative estimate of drug-likeness (QED) is 0.836. The third-order valence-electron chi connectivity index (χ3n) is 4.33. The van der Waals surface area contributed by atoms with E-state index in [1.165, 1.54) is 6.42 Å². The summed E-state index contributed by atoms with van der Waals surface area (Å²) >= 11 is 0. The Hall–Kier alpha value is -1.88. The van der Waals surface area contributed by atoms with E-state index in [2.05, 4.69) is 15.6 Å². The topological polar surface area (TPSA) is 58.4 Å². The number of fused-ring (bicyclic) bond motifs is 3. The highest BCUT2D eigenvalue weighted by Crippen LogP contribution is 2.31. The third kappa shape index (κ3) is 1.81. The number of hydrogen-bond acceptors (Lipinski definition) is 3. The molecule has 3 heterocycles. The Morgan fingerprint density at radius 2 is 2.42 bits per heavy atom. The highest BCUT2D eigenvalue weighted by Gasteiger charge is 2.40. The van der Waals surface area contributed by atoms with E-state index in [4.69, 9.17) is 0 Å². The van der Waals surface area contributed by atoms with Crippen molar-refractivity contribution in [1.29, 1.82) is 0 Å². The fraction of sp³-hybridized carbons (Fsp3) is 0.429. The van der Waals surface area contributed by atoms with Gasteiger partial charge in [0.2, 0.25) is 0 Å². The molecule has 1 aliphatic carbocycles. The van der Waals surface area contributed by atoms with Crippen molar-refractivity contribution in [3.8, 4) is 0 Å². The number of nitrogens with one attached hydrogen (secondary N) is 2. The van der Waals surface area contributed by atoms with E-state index in [0.717, 1.165) is 18.5 Å². The molecule has 1 amide bonds. The van der Waals surface area contributed by atoms with Gasteiger partial charge < -0.3 is 15.0 Å². The molecule has 0 unspecified atom stereocenters. The molecule has 98 valence electrons. The number of hydrogen-bond donors (Lipinski definition) is 2. The van der Waals surface area contributed by atoms with Crippen LogP contribution in [-0.4, -0.2) is 33.9 Å². The van der Waals surface area contributed by atoms with Crippen molar-refractivity contribution in [1.82, 2.24) is 20.0 Å². The van der Waals surface area contributed by atoms with Gasteiger partial charge in [-0.05, 0) is 37.0 Å². The second kappa shape index (κ2) is 4.06. The van der Waals surface area contributed by atoms with E-state index >= 15 is 0 Å². The maximum absolute atomic E-state index is 12.2. The predicted octanol–water partition coefficient (Wildman–Crippen LogP) is 0.814. The van der Waals surface area contributed by atoms with Gasteiger partial charge in [0.05, 0.1) is 6.33 Å². The first-order chi connectivity index (χ1) is 9.29. The lowest BCUT2D eigenvalue weighted by Crippen LogP contribution is -2.44. The fourth-order valence-electron chi connectivity index (χ4n) is 3.31. The molecule has 0 spiro atoms. The summed E-state index contributed by atoms with van der Waals surface area (Å²) in [7, 11) is 0. The largest absolute Gasteiger partial charge is 0.348 e. The molecule has 5 heteroatoms. The number of nitrogens with zero attached hydrogens (tertiary/aromatic N) is 2. The highest BCUT2D eigenvalue weighted by molar-refractivity contribution is 5.93. The van der Waals surface area contributed by atoms with Crippen LogP contribution in [0.3, 0.4) is 0 Å². The molecule has 1 saturated carbocycles. The molecule has 2 bridgehead atoms. The number of rotatable bonds is 2. The van der Waals surface area contributed by atoms with Crippen molar-refractivity contribution in [2.45, 2.75) is 24.9 Å². The van der Waals surface area contributed by atoms with Crippen molar-refractivity contribution in [2.75, 3.05) is 6.54 Å². The third-order valence-corrected chi connectivity index (χ3v) is 4.33. The van der Waals surface area contributed by atoms with Crippen LogP contribution in [0.4, 0.5) is 0 Å². The molecule has 2 aromatic rings. The molecular weight excluding hydrogens is 240 g/mol. The summed E-state index contributed by atoms with van der Waals surface area (Å²) in [5.74, 6) is 0.534. The maximum atomic E-state index is 12.2. The van der Waals surface area contributed by atoms with Crippen LogP contribution in [0.5, 0.6) is 0 Å². The van der Waals surface area contributed by atoms with Gasteiger partial charge in [-0.1, -0.05) is 0 Å². The average molecular weight is 256 g/mol. The van der Waals surface area contributed by atoms with Crippen LogP contribution in [0.1, 0.15) is 23.3 Å². The van der Waals surface area contributed by atoms with Gasteiger partial charge in [-0.2, -0.15) is 0 Å². The smallest absolute Gasteiger partial charge is 0.270 e. The van der Waals surface area contributed by atoms with Gasteiger partial charge in [0.15, 0.2) is 0 Å². The Labute approximate surface area is 111 Å². The molecule has 0 aromatic carbocycles. The molecular formula is C14H16N4O. The number of amides is 1. The molecule has 3 atom stereocenters. The first kappa shape index (κ1) is 11.0. The van der Waals surface area contributed by atoms with E-state index in [1.807, 2.05) is 28.8 Å². The molecule has 5 nitrogen and oxygen atoms in total. The summed E-state index contributed by atoms with van der Waals surface area (Å²) in [5, 5.41) is 6.58. The van der Waals surface area contributed by atoms with Crippen LogP contribution in [0.2, 0.25) is 0 Å². The van der Waals surface area contributed by atoms with E-state index in [0.29, 0.717) is 23.7 Å². The van der Waals surface area contributed by atoms with Gasteiger partial charge >= 0.3 is 0 Å². The van der Waals surface area contributed by atoms with Gasteiger partial charge in [0.25, 0.3) is 5.91 Å². The second-order valence-electron chi connectivity index (χ2n) is 5.53. The zero-order chi connectivity index (χ0) is 12.8. The summed E-state index contributed by atoms with van der Waals surface area (Å²) in [5.41, 5.74) is 1.50. The minimum Gasteiger partial charge on any atom is -0.348 e. The van der Waals surface area contributed by atoms with Gasteiger partial charge in [-0.25, -0.2) is 4.98 Å². The Balaban J connectivity index is 1.53. The monoisotopic (exact) mass is 256 g/mol. The van der Waals surface area contributed by atoms with Crippen molar-refractivity contribution in [3.05, 3.63) is 36.4 Å². The van der Waals surface area contributed by atoms with Crippen LogP contribution in [-0.2, 0) is 0 Å². The molecule has 19 heavy (non-hydrogen) atoms. The molecule has 2 fully saturated rings. The summed E-state index contributed by atoms with van der Waals surface area (Å²) in [6.45, 7) is 1.03. The second-order valence-corrected chi connectivity index (χ2v) is 5.53. The standard InChI is InChI=1S/C14H16N4O/c19-14(17-12-5-10-4-9(12)7-15-10)13-6-11-2-1-3-18(11)8-16-13/h1-3,6,8-10,12,15H,4-5,7H2,(H,17,19)/t9-,10-,12-/m1/s1. The number of carbonyl (C=O) groups excluding carboxylic acids is 1. The maximum Gasteiger partial charge on any atom is 0.270 e. The Morgan fingerprint density at radius 3 is 3.21 bits per heavy atom. The first-order valence-electron chi connectivity index (χ1n) is 6.76. The SMILES string of the molecule is O=C(N[C@@H]1C[C@H]2C[C@@H]1CN2)c1cc2cccn2cn1. The molecule has 1 aliphatic heterocycles. The summed E-state index contributed by atoms with van der Waals surface area (Å²) in [6, 6.07) is 6.65. The molecule has 2 N–H and O–H groups in total. The Bertz CT molecular complexity index is 635. The van der Waals surface area contributed by atoms with E-state index in [9.17, 15) is 4.79 Å². The highest BCUT2D eigenvalue weighted by atomic mass is 16.1. The van der Waals surface area contributed by atoms with Crippen molar-refractivity contribution < 1.29 is 4.79 Å². The van der Waals surface area contributed by atoms with E-state index < -0.39 is 0 Å². The van der Waals surface area contributed by atoms with Crippen LogP contribution in [0, 0.1) is 5.92 Å². The number of piperidine rings is 1. The first-order valence-corrected chi connectivity index (χ1v) is 6.76. The number of aromatic nitrogens is 2. The number of carbonyl (C=O) groups is 1. The zero-order valence-electron chi connectivity index (χ0n) is 10.5. The van der Waals surface area contributed by atoms with E-state index in [-0.39, 0.29) is 5.91 Å². The van der Waals surface area contributed by atoms with Crippen LogP contribution >= 0.6 is 0 Å². The minimum atomic E-state index is -0.0544. The van der Waals surface area contributed by atoms with Gasteiger partial charge in [0.1, 0.15) is 5.69 Å². The lowest BCUT2D eigenvalue weighted by Gasteiger charge is -2.23. The molecule has 2 aromatic heterocycles. The lowest BCUT2D eigenvalue weighted by molar-refractivity contribution is 0.0920. The predicted molar refractivity (Wildman–Crippen MR) is 71.0 cm³/mol. The van der Waals surface area contributed by atoms with Gasteiger partial charge in [-0.3, -0.25) is 4.79 Å². The molecule has 1 saturated heterocycles. The van der Waals surface area contributed by atoms with Crippen LogP contribution in [0.15, 0.2) is 30.7 Å². The average Bonchev–Trinajstić information content (AvgIpc) is 3.13. The summed E-state index contributed by atoms with van der Waals surface area (Å²) in [6.07, 6.45) is 5.85. The normalized spacial score (nSPS) is 28.9. The van der Waals surface area contributed by atoms with Crippen molar-refractivity contribution >= 4 is 11.4 Å². The Kier molecular flexibility index (Phi) is 2.35. The molecule has 0 radical (unpaired) electrons. The zero-order valence-corrected chi connectivity index (χ0v) is 10.5. The summed E-state index contributed by atoms with van der Waals surface area (Å²) < 4.78 is 1.90. The van der Waals surface area contributed by atoms with Crippen molar-refractivity contribution in [3.63, 3.8) is 0 Å². The van der Waals surface area contributed by atoms with Crippen molar-refractivity contribution in [2.24, 2.45) is 5.92 Å². The van der Waals surface area contributed by atoms with Gasteiger partial charge in [-0.15, -0.1) is 0 Å². The molecule has 4 rings (SSSR count). The van der Waals surface area contributed by atoms with Crippen LogP contribution < -0.4 is 10.6 Å². The fourth-order valence-corrected chi connectivity index (χ4v) is 3.31. The van der Waals surface area contributed by atoms with E-state index in [1.54, 1.807) is 6.33 Å². The summed E-state index contributed by atoms with van der Waals surface area (Å²) in [4.78, 5) is 16.5. The Morgan fingerprint density at radius 1 is 1.47 bits per heavy atom. The minimum absolute atomic E-state index is 0.0544.